The minimum absolute atomic E-state index is 0.183. The second-order valence-corrected chi connectivity index (χ2v) is 6.41. The van der Waals surface area contributed by atoms with E-state index >= 15 is 0 Å². The Morgan fingerprint density at radius 3 is 2.80 bits per heavy atom. The van der Waals surface area contributed by atoms with Gasteiger partial charge in [-0.05, 0) is 44.5 Å². The number of ether oxygens (including phenoxy) is 1. The minimum Gasteiger partial charge on any atom is -0.469 e. The van der Waals surface area contributed by atoms with E-state index in [-0.39, 0.29) is 11.7 Å². The van der Waals surface area contributed by atoms with Gasteiger partial charge in [0.25, 0.3) is 0 Å². The third-order valence-corrected chi connectivity index (χ3v) is 4.52. The SMILES string of the molecule is CCOC(=O)CSc1nnc(-c2ccoc2C)n1-c1cccc(C)c1. The van der Waals surface area contributed by atoms with Crippen LogP contribution < -0.4 is 0 Å². The monoisotopic (exact) mass is 357 g/mol. The van der Waals surface area contributed by atoms with Crippen LogP contribution in [0.25, 0.3) is 17.1 Å². The first kappa shape index (κ1) is 17.3. The van der Waals surface area contributed by atoms with Crippen molar-refractivity contribution in [3.05, 3.63) is 47.9 Å². The highest BCUT2D eigenvalue weighted by atomic mass is 32.2. The van der Waals surface area contributed by atoms with Crippen molar-refractivity contribution in [3.8, 4) is 17.1 Å². The molecule has 0 aliphatic carbocycles. The first-order chi connectivity index (χ1) is 12.1. The maximum absolute atomic E-state index is 11.7. The van der Waals surface area contributed by atoms with Gasteiger partial charge in [0.05, 0.1) is 24.2 Å². The number of benzene rings is 1. The molecule has 0 amide bonds. The van der Waals surface area contributed by atoms with Crippen LogP contribution in [0.3, 0.4) is 0 Å². The lowest BCUT2D eigenvalue weighted by Gasteiger charge is -2.10. The molecule has 3 aromatic rings. The Morgan fingerprint density at radius 1 is 1.28 bits per heavy atom. The summed E-state index contributed by atoms with van der Waals surface area (Å²) < 4.78 is 12.3. The fourth-order valence-electron chi connectivity index (χ4n) is 2.48. The third kappa shape index (κ3) is 3.76. The molecule has 0 saturated heterocycles. The van der Waals surface area contributed by atoms with Gasteiger partial charge in [-0.1, -0.05) is 23.9 Å². The molecule has 0 saturated carbocycles. The van der Waals surface area contributed by atoms with Gasteiger partial charge in [0, 0.05) is 5.69 Å². The molecular weight excluding hydrogens is 338 g/mol. The standard InChI is InChI=1S/C18H19N3O3S/c1-4-23-16(22)11-25-18-20-19-17(15-8-9-24-13(15)3)21(18)14-7-5-6-12(2)10-14/h5-10H,4,11H2,1-3H3. The third-order valence-electron chi connectivity index (χ3n) is 3.62. The van der Waals surface area contributed by atoms with E-state index < -0.39 is 0 Å². The summed E-state index contributed by atoms with van der Waals surface area (Å²) in [6.45, 7) is 6.07. The molecule has 130 valence electrons. The van der Waals surface area contributed by atoms with Crippen LogP contribution >= 0.6 is 11.8 Å². The molecule has 0 aliphatic rings. The van der Waals surface area contributed by atoms with Gasteiger partial charge in [-0.15, -0.1) is 10.2 Å². The summed E-state index contributed by atoms with van der Waals surface area (Å²) in [6.07, 6.45) is 1.63. The van der Waals surface area contributed by atoms with Crippen molar-refractivity contribution in [2.45, 2.75) is 25.9 Å². The Balaban J connectivity index is 2.03. The summed E-state index contributed by atoms with van der Waals surface area (Å²) in [6, 6.07) is 9.92. The second kappa shape index (κ2) is 7.57. The highest BCUT2D eigenvalue weighted by Gasteiger charge is 2.20. The van der Waals surface area contributed by atoms with Gasteiger partial charge in [0.2, 0.25) is 0 Å². The molecule has 2 heterocycles. The van der Waals surface area contributed by atoms with Crippen molar-refractivity contribution in [2.24, 2.45) is 0 Å². The van der Waals surface area contributed by atoms with Crippen LogP contribution in [0.2, 0.25) is 0 Å². The maximum atomic E-state index is 11.7. The predicted molar refractivity (Wildman–Crippen MR) is 95.9 cm³/mol. The van der Waals surface area contributed by atoms with E-state index in [9.17, 15) is 4.79 Å². The van der Waals surface area contributed by atoms with E-state index in [0.717, 1.165) is 22.6 Å². The van der Waals surface area contributed by atoms with Gasteiger partial charge in [0.15, 0.2) is 11.0 Å². The first-order valence-electron chi connectivity index (χ1n) is 7.95. The molecule has 0 N–H and O–H groups in total. The average Bonchev–Trinajstić information content (AvgIpc) is 3.18. The Kier molecular flexibility index (Phi) is 5.23. The van der Waals surface area contributed by atoms with Crippen LogP contribution in [0, 0.1) is 13.8 Å². The van der Waals surface area contributed by atoms with Crippen molar-refractivity contribution < 1.29 is 13.9 Å². The Bertz CT molecular complexity index is 885. The summed E-state index contributed by atoms with van der Waals surface area (Å²) in [5.41, 5.74) is 2.94. The van der Waals surface area contributed by atoms with E-state index in [1.165, 1.54) is 11.8 Å². The van der Waals surface area contributed by atoms with Crippen LogP contribution in [0.5, 0.6) is 0 Å². The van der Waals surface area contributed by atoms with Crippen molar-refractivity contribution in [1.82, 2.24) is 14.8 Å². The van der Waals surface area contributed by atoms with Crippen LogP contribution in [-0.2, 0) is 9.53 Å². The van der Waals surface area contributed by atoms with Gasteiger partial charge in [-0.25, -0.2) is 0 Å². The molecule has 0 fully saturated rings. The molecule has 0 spiro atoms. The summed E-state index contributed by atoms with van der Waals surface area (Å²) in [4.78, 5) is 11.7. The topological polar surface area (TPSA) is 70.2 Å². The largest absolute Gasteiger partial charge is 0.469 e. The van der Waals surface area contributed by atoms with Gasteiger partial charge < -0.3 is 9.15 Å². The van der Waals surface area contributed by atoms with Crippen molar-refractivity contribution in [3.63, 3.8) is 0 Å². The molecule has 0 radical (unpaired) electrons. The number of hydrogen-bond donors (Lipinski definition) is 0. The van der Waals surface area contributed by atoms with Crippen LogP contribution in [0.4, 0.5) is 0 Å². The van der Waals surface area contributed by atoms with Gasteiger partial charge in [0.1, 0.15) is 5.76 Å². The second-order valence-electron chi connectivity index (χ2n) is 5.46. The number of rotatable bonds is 6. The van der Waals surface area contributed by atoms with E-state index in [1.54, 1.807) is 13.2 Å². The molecule has 7 heteroatoms. The fraction of sp³-hybridized carbons (Fsp3) is 0.278. The number of hydrogen-bond acceptors (Lipinski definition) is 6. The number of carbonyl (C=O) groups excluding carboxylic acids is 1. The number of aryl methyl sites for hydroxylation is 2. The van der Waals surface area contributed by atoms with Crippen molar-refractivity contribution >= 4 is 17.7 Å². The number of furan rings is 1. The van der Waals surface area contributed by atoms with Crippen LogP contribution in [0.1, 0.15) is 18.2 Å². The number of esters is 1. The lowest BCUT2D eigenvalue weighted by Crippen LogP contribution is -2.08. The zero-order chi connectivity index (χ0) is 17.8. The summed E-state index contributed by atoms with van der Waals surface area (Å²) in [5, 5.41) is 9.24. The zero-order valence-corrected chi connectivity index (χ0v) is 15.2. The van der Waals surface area contributed by atoms with Gasteiger partial charge >= 0.3 is 5.97 Å². The molecule has 0 aliphatic heterocycles. The number of aromatic nitrogens is 3. The normalized spacial score (nSPS) is 10.8. The lowest BCUT2D eigenvalue weighted by molar-refractivity contribution is -0.139. The zero-order valence-electron chi connectivity index (χ0n) is 14.4. The molecule has 1 aromatic carbocycles. The number of carbonyl (C=O) groups is 1. The minimum atomic E-state index is -0.271. The first-order valence-corrected chi connectivity index (χ1v) is 8.94. The van der Waals surface area contributed by atoms with Gasteiger partial charge in [-0.2, -0.15) is 0 Å². The smallest absolute Gasteiger partial charge is 0.316 e. The quantitative estimate of drug-likeness (QED) is 0.494. The predicted octanol–water partition coefficient (Wildman–Crippen LogP) is 3.80. The molecule has 25 heavy (non-hydrogen) atoms. The Morgan fingerprint density at radius 2 is 2.12 bits per heavy atom. The number of thioether (sulfide) groups is 1. The molecular formula is C18H19N3O3S. The van der Waals surface area contributed by atoms with E-state index in [2.05, 4.69) is 16.3 Å². The molecule has 0 bridgehead atoms. The molecule has 6 nitrogen and oxygen atoms in total. The van der Waals surface area contributed by atoms with E-state index in [0.29, 0.717) is 17.6 Å². The maximum Gasteiger partial charge on any atom is 0.316 e. The van der Waals surface area contributed by atoms with Crippen LogP contribution in [0.15, 0.2) is 46.2 Å². The Hall–Kier alpha value is -2.54. The molecule has 0 unspecified atom stereocenters. The molecule has 2 aromatic heterocycles. The summed E-state index contributed by atoms with van der Waals surface area (Å²) in [7, 11) is 0. The van der Waals surface area contributed by atoms with Crippen LogP contribution in [-0.4, -0.2) is 33.1 Å². The summed E-state index contributed by atoms with van der Waals surface area (Å²) in [5.74, 6) is 1.36. The Labute approximate surface area is 150 Å². The molecule has 0 atom stereocenters. The van der Waals surface area contributed by atoms with Crippen molar-refractivity contribution in [1.29, 1.82) is 0 Å². The van der Waals surface area contributed by atoms with E-state index in [4.69, 9.17) is 9.15 Å². The number of nitrogens with zero attached hydrogens (tertiary/aromatic N) is 3. The van der Waals surface area contributed by atoms with Crippen molar-refractivity contribution in [2.75, 3.05) is 12.4 Å². The highest BCUT2D eigenvalue weighted by molar-refractivity contribution is 7.99. The molecule has 3 rings (SSSR count). The highest BCUT2D eigenvalue weighted by Crippen LogP contribution is 2.30. The van der Waals surface area contributed by atoms with Gasteiger partial charge in [-0.3, -0.25) is 9.36 Å². The average molecular weight is 357 g/mol. The van der Waals surface area contributed by atoms with E-state index in [1.807, 2.05) is 42.7 Å². The fourth-order valence-corrected chi connectivity index (χ4v) is 3.23. The summed E-state index contributed by atoms with van der Waals surface area (Å²) >= 11 is 1.30. The lowest BCUT2D eigenvalue weighted by atomic mass is 10.2.